The number of hydrogen-bond acceptors (Lipinski definition) is 3. The predicted molar refractivity (Wildman–Crippen MR) is 145 cm³/mol. The summed E-state index contributed by atoms with van der Waals surface area (Å²) in [6.45, 7) is 8.00. The Morgan fingerprint density at radius 1 is 1.14 bits per heavy atom. The van der Waals surface area contributed by atoms with E-state index in [1.807, 2.05) is 18.2 Å². The fourth-order valence-electron chi connectivity index (χ4n) is 4.14. The molecule has 0 aromatic heterocycles. The third-order valence-corrected chi connectivity index (χ3v) is 7.74. The summed E-state index contributed by atoms with van der Waals surface area (Å²) in [4.78, 5) is 27.9. The predicted octanol–water partition coefficient (Wildman–Crippen LogP) is 6.91. The van der Waals surface area contributed by atoms with Crippen LogP contribution in [0.4, 0.5) is 0 Å². The Balaban J connectivity index is 1.78. The van der Waals surface area contributed by atoms with Crippen LogP contribution in [0.25, 0.3) is 0 Å². The van der Waals surface area contributed by atoms with Gasteiger partial charge in [0.2, 0.25) is 5.91 Å². The first-order valence-corrected chi connectivity index (χ1v) is 13.5. The van der Waals surface area contributed by atoms with Crippen molar-refractivity contribution in [3.05, 3.63) is 62.0 Å². The highest BCUT2D eigenvalue weighted by atomic mass is 79.9. The molecule has 5 nitrogen and oxygen atoms in total. The third-order valence-electron chi connectivity index (χ3n) is 6.41. The maximum Gasteiger partial charge on any atom is 0.261 e. The topological polar surface area (TPSA) is 58.6 Å². The molecule has 0 unspecified atom stereocenters. The summed E-state index contributed by atoms with van der Waals surface area (Å²) in [5.41, 5.74) is 1.74. The van der Waals surface area contributed by atoms with Gasteiger partial charge in [0.1, 0.15) is 11.8 Å². The first kappa shape index (κ1) is 27.8. The lowest BCUT2D eigenvalue weighted by molar-refractivity contribution is -0.142. The van der Waals surface area contributed by atoms with Gasteiger partial charge in [-0.1, -0.05) is 68.9 Å². The van der Waals surface area contributed by atoms with Gasteiger partial charge in [0.25, 0.3) is 5.91 Å². The number of rotatable bonds is 8. The van der Waals surface area contributed by atoms with E-state index in [2.05, 4.69) is 42.0 Å². The first-order chi connectivity index (χ1) is 16.5. The molecule has 2 aromatic rings. The standard InChI is InChI=1S/C27H33BrCl2N2O3/c1-17(26(34)31-19-8-5-6-9-19)32(15-20-22(29)10-7-11-23(20)30)25(33)16-35-24-13-12-18(14-21(24)28)27(2,3)4/h7,10-14,17,19H,5-6,8-9,15-16H2,1-4H3,(H,31,34)/t17-/m0/s1. The van der Waals surface area contributed by atoms with Gasteiger partial charge in [-0.05, 0) is 70.9 Å². The summed E-state index contributed by atoms with van der Waals surface area (Å²) in [6.07, 6.45) is 4.14. The Labute approximate surface area is 226 Å². The van der Waals surface area contributed by atoms with E-state index < -0.39 is 6.04 Å². The second-order valence-electron chi connectivity index (χ2n) is 10.1. The van der Waals surface area contributed by atoms with Gasteiger partial charge in [-0.2, -0.15) is 0 Å². The quantitative estimate of drug-likeness (QED) is 0.367. The Hall–Kier alpha value is -1.76. The van der Waals surface area contributed by atoms with Crippen molar-refractivity contribution >= 4 is 50.9 Å². The molecule has 1 N–H and O–H groups in total. The molecule has 8 heteroatoms. The van der Waals surface area contributed by atoms with Crippen LogP contribution in [0.3, 0.4) is 0 Å². The van der Waals surface area contributed by atoms with Gasteiger partial charge in [0, 0.05) is 28.2 Å². The molecule has 35 heavy (non-hydrogen) atoms. The molecule has 0 bridgehead atoms. The molecule has 1 saturated carbocycles. The summed E-state index contributed by atoms with van der Waals surface area (Å²) in [5.74, 6) is 0.0381. The van der Waals surface area contributed by atoms with Gasteiger partial charge >= 0.3 is 0 Å². The zero-order valence-corrected chi connectivity index (χ0v) is 23.8. The average Bonchev–Trinajstić information content (AvgIpc) is 3.30. The molecule has 0 heterocycles. The molecule has 0 spiro atoms. The van der Waals surface area contributed by atoms with E-state index in [9.17, 15) is 9.59 Å². The van der Waals surface area contributed by atoms with Crippen molar-refractivity contribution in [3.8, 4) is 5.75 Å². The van der Waals surface area contributed by atoms with Crippen LogP contribution >= 0.6 is 39.1 Å². The van der Waals surface area contributed by atoms with Crippen molar-refractivity contribution in [2.75, 3.05) is 6.61 Å². The highest BCUT2D eigenvalue weighted by molar-refractivity contribution is 9.10. The lowest BCUT2D eigenvalue weighted by Gasteiger charge is -2.30. The van der Waals surface area contributed by atoms with Crippen molar-refractivity contribution in [1.82, 2.24) is 10.2 Å². The molecular formula is C27H33BrCl2N2O3. The lowest BCUT2D eigenvalue weighted by atomic mass is 9.87. The van der Waals surface area contributed by atoms with Crippen molar-refractivity contribution < 1.29 is 14.3 Å². The van der Waals surface area contributed by atoms with Crippen molar-refractivity contribution in [2.24, 2.45) is 0 Å². The van der Waals surface area contributed by atoms with Crippen molar-refractivity contribution in [2.45, 2.75) is 77.4 Å². The molecule has 3 rings (SSSR count). The minimum Gasteiger partial charge on any atom is -0.483 e. The number of carbonyl (C=O) groups excluding carboxylic acids is 2. The van der Waals surface area contributed by atoms with Gasteiger partial charge < -0.3 is 15.0 Å². The van der Waals surface area contributed by atoms with Crippen LogP contribution < -0.4 is 10.1 Å². The monoisotopic (exact) mass is 582 g/mol. The van der Waals surface area contributed by atoms with Crippen LogP contribution in [0.15, 0.2) is 40.9 Å². The molecule has 1 aliphatic rings. The molecular weight excluding hydrogens is 551 g/mol. The minimum atomic E-state index is -0.717. The van der Waals surface area contributed by atoms with Crippen LogP contribution in [0.2, 0.25) is 10.0 Å². The third kappa shape index (κ3) is 7.37. The Morgan fingerprint density at radius 2 is 1.77 bits per heavy atom. The maximum absolute atomic E-state index is 13.4. The molecule has 0 saturated heterocycles. The van der Waals surface area contributed by atoms with Gasteiger partial charge in [-0.15, -0.1) is 0 Å². The van der Waals surface area contributed by atoms with Gasteiger partial charge in [0.15, 0.2) is 6.61 Å². The Morgan fingerprint density at radius 3 is 2.34 bits per heavy atom. The molecule has 2 amide bonds. The van der Waals surface area contributed by atoms with E-state index in [-0.39, 0.29) is 36.4 Å². The summed E-state index contributed by atoms with van der Waals surface area (Å²) < 4.78 is 6.64. The molecule has 2 aromatic carbocycles. The highest BCUT2D eigenvalue weighted by Crippen LogP contribution is 2.32. The molecule has 1 aliphatic carbocycles. The molecule has 0 radical (unpaired) electrons. The number of nitrogens with zero attached hydrogens (tertiary/aromatic N) is 1. The SMILES string of the molecule is C[C@@H](C(=O)NC1CCCC1)N(Cc1c(Cl)cccc1Cl)C(=O)COc1ccc(C(C)(C)C)cc1Br. The Bertz CT molecular complexity index is 1040. The lowest BCUT2D eigenvalue weighted by Crippen LogP contribution is -2.50. The van der Waals surface area contributed by atoms with E-state index in [0.29, 0.717) is 21.4 Å². The van der Waals surface area contributed by atoms with Gasteiger partial charge in [-0.25, -0.2) is 0 Å². The number of hydrogen-bond donors (Lipinski definition) is 1. The smallest absolute Gasteiger partial charge is 0.261 e. The number of benzene rings is 2. The van der Waals surface area contributed by atoms with E-state index in [0.717, 1.165) is 35.7 Å². The number of nitrogens with one attached hydrogen (secondary N) is 1. The van der Waals surface area contributed by atoms with Crippen LogP contribution in [0, 0.1) is 0 Å². The Kier molecular flexibility index (Phi) is 9.53. The summed E-state index contributed by atoms with van der Waals surface area (Å²) in [6, 6.07) is 10.5. The maximum atomic E-state index is 13.4. The highest BCUT2D eigenvalue weighted by Gasteiger charge is 2.30. The van der Waals surface area contributed by atoms with E-state index in [1.54, 1.807) is 25.1 Å². The average molecular weight is 584 g/mol. The number of carbonyl (C=O) groups is 2. The van der Waals surface area contributed by atoms with E-state index >= 15 is 0 Å². The summed E-state index contributed by atoms with van der Waals surface area (Å²) in [7, 11) is 0. The van der Waals surface area contributed by atoms with Gasteiger partial charge in [0.05, 0.1) is 4.47 Å². The van der Waals surface area contributed by atoms with Crippen LogP contribution in [-0.4, -0.2) is 35.4 Å². The van der Waals surface area contributed by atoms with E-state index in [4.69, 9.17) is 27.9 Å². The number of halogens is 3. The van der Waals surface area contributed by atoms with Gasteiger partial charge in [-0.3, -0.25) is 9.59 Å². The zero-order valence-electron chi connectivity index (χ0n) is 20.7. The summed E-state index contributed by atoms with van der Waals surface area (Å²) >= 11 is 16.3. The fraction of sp³-hybridized carbons (Fsp3) is 0.481. The molecule has 1 atom stereocenters. The van der Waals surface area contributed by atoms with E-state index in [1.165, 1.54) is 4.90 Å². The van der Waals surface area contributed by atoms with Crippen molar-refractivity contribution in [1.29, 1.82) is 0 Å². The molecule has 1 fully saturated rings. The zero-order chi connectivity index (χ0) is 25.8. The molecule has 190 valence electrons. The number of ether oxygens (including phenoxy) is 1. The van der Waals surface area contributed by atoms with Crippen LogP contribution in [0.1, 0.15) is 64.5 Å². The summed E-state index contributed by atoms with van der Waals surface area (Å²) in [5, 5.41) is 3.97. The minimum absolute atomic E-state index is 0.00992. The molecule has 0 aliphatic heterocycles. The largest absolute Gasteiger partial charge is 0.483 e. The van der Waals surface area contributed by atoms with Crippen LogP contribution in [0.5, 0.6) is 5.75 Å². The fourth-order valence-corrected chi connectivity index (χ4v) is 5.15. The van der Waals surface area contributed by atoms with Crippen LogP contribution in [-0.2, 0) is 21.5 Å². The normalized spacial score (nSPS) is 15.1. The number of amides is 2. The first-order valence-electron chi connectivity index (χ1n) is 11.9. The second-order valence-corrected chi connectivity index (χ2v) is 11.7. The van der Waals surface area contributed by atoms with Crippen molar-refractivity contribution in [3.63, 3.8) is 0 Å². The second kappa shape index (κ2) is 12.0.